The molecule has 1 aliphatic rings. The van der Waals surface area contributed by atoms with Gasteiger partial charge in [-0.15, -0.1) is 0 Å². The number of hydrogen-bond acceptors (Lipinski definition) is 10. The van der Waals surface area contributed by atoms with Gasteiger partial charge in [0, 0.05) is 15.4 Å². The monoisotopic (exact) mass is 442 g/mol. The zero-order valence-corrected chi connectivity index (χ0v) is 17.8. The number of nitrogens with zero attached hydrogens (tertiary/aromatic N) is 4. The molecule has 158 valence electrons. The molecule has 1 atom stereocenters. The molecule has 6 N–H and O–H groups in total. The van der Waals surface area contributed by atoms with Crippen LogP contribution in [-0.2, 0) is 0 Å². The summed E-state index contributed by atoms with van der Waals surface area (Å²) in [4.78, 5) is 10.9. The van der Waals surface area contributed by atoms with Crippen molar-refractivity contribution < 1.29 is 4.74 Å². The first-order valence-electron chi connectivity index (χ1n) is 9.45. The summed E-state index contributed by atoms with van der Waals surface area (Å²) in [7, 11) is 1.62. The number of anilines is 3. The maximum Gasteiger partial charge on any atom is 0.211 e. The van der Waals surface area contributed by atoms with Crippen molar-refractivity contribution in [3.8, 4) is 18.0 Å². The van der Waals surface area contributed by atoms with Gasteiger partial charge in [-0.1, -0.05) is 36.0 Å². The molecule has 0 aliphatic carbocycles. The van der Waals surface area contributed by atoms with Gasteiger partial charge in [-0.25, -0.2) is 9.98 Å². The van der Waals surface area contributed by atoms with Gasteiger partial charge in [0.05, 0.1) is 12.8 Å². The lowest BCUT2D eigenvalue weighted by atomic mass is 9.95. The van der Waals surface area contributed by atoms with E-state index in [1.807, 2.05) is 60.8 Å². The van der Waals surface area contributed by atoms with E-state index in [-0.39, 0.29) is 23.0 Å². The Hall–Kier alpha value is -4.41. The number of fused-ring (bicyclic) bond motifs is 1. The SMILES string of the molecule is COc1cccc(Sc2ccccc2C2N=C(NC#N)Nc3nc(N)c(C#N)c(N)c32)c1. The summed E-state index contributed by atoms with van der Waals surface area (Å²) in [5, 5.41) is 24.1. The molecule has 1 aromatic heterocycles. The van der Waals surface area contributed by atoms with Crippen LogP contribution in [0.1, 0.15) is 22.7 Å². The minimum absolute atomic E-state index is 0.00671. The molecule has 2 heterocycles. The number of nitrogens with one attached hydrogen (secondary N) is 2. The van der Waals surface area contributed by atoms with Crippen molar-refractivity contribution in [2.24, 2.45) is 4.99 Å². The van der Waals surface area contributed by atoms with Gasteiger partial charge in [0.15, 0.2) is 6.19 Å². The van der Waals surface area contributed by atoms with E-state index in [1.165, 1.54) is 11.8 Å². The Balaban J connectivity index is 1.86. The number of rotatable bonds is 4. The van der Waals surface area contributed by atoms with Crippen molar-refractivity contribution in [1.29, 1.82) is 10.5 Å². The number of aromatic nitrogens is 1. The van der Waals surface area contributed by atoms with Crippen LogP contribution in [-0.4, -0.2) is 18.1 Å². The second-order valence-corrected chi connectivity index (χ2v) is 7.84. The van der Waals surface area contributed by atoms with E-state index in [2.05, 4.69) is 20.6 Å². The molecule has 10 heteroatoms. The topological polar surface area (TPSA) is 158 Å². The second-order valence-electron chi connectivity index (χ2n) is 6.72. The fraction of sp³-hybridized carbons (Fsp3) is 0.0909. The van der Waals surface area contributed by atoms with Gasteiger partial charge >= 0.3 is 0 Å². The van der Waals surface area contributed by atoms with Crippen LogP contribution >= 0.6 is 11.8 Å². The van der Waals surface area contributed by atoms with E-state index >= 15 is 0 Å². The molecular formula is C22H18N8OS. The van der Waals surface area contributed by atoms with E-state index < -0.39 is 6.04 Å². The molecular weight excluding hydrogens is 424 g/mol. The molecule has 1 aliphatic heterocycles. The van der Waals surface area contributed by atoms with Crippen LogP contribution in [0, 0.1) is 22.8 Å². The highest BCUT2D eigenvalue weighted by molar-refractivity contribution is 7.99. The molecule has 4 rings (SSSR count). The molecule has 3 aromatic rings. The molecule has 0 fully saturated rings. The van der Waals surface area contributed by atoms with Crippen LogP contribution in [0.4, 0.5) is 17.3 Å². The number of nitriles is 2. The quantitative estimate of drug-likeness (QED) is 0.351. The highest BCUT2D eigenvalue weighted by Gasteiger charge is 2.31. The molecule has 0 saturated heterocycles. The van der Waals surface area contributed by atoms with Gasteiger partial charge in [-0.2, -0.15) is 10.5 Å². The highest BCUT2D eigenvalue weighted by atomic mass is 32.2. The lowest BCUT2D eigenvalue weighted by Crippen LogP contribution is -2.32. The van der Waals surface area contributed by atoms with E-state index in [1.54, 1.807) is 7.11 Å². The van der Waals surface area contributed by atoms with E-state index in [0.29, 0.717) is 11.4 Å². The summed E-state index contributed by atoms with van der Waals surface area (Å²) in [6.45, 7) is 0. The largest absolute Gasteiger partial charge is 0.497 e. The number of nitrogen functional groups attached to an aromatic ring is 2. The summed E-state index contributed by atoms with van der Waals surface area (Å²) in [5.41, 5.74) is 13.9. The third-order valence-corrected chi connectivity index (χ3v) is 5.92. The van der Waals surface area contributed by atoms with Crippen LogP contribution < -0.4 is 26.8 Å². The molecule has 0 saturated carbocycles. The highest BCUT2D eigenvalue weighted by Crippen LogP contribution is 2.44. The molecule has 9 nitrogen and oxygen atoms in total. The fourth-order valence-corrected chi connectivity index (χ4v) is 4.42. The lowest BCUT2D eigenvalue weighted by Gasteiger charge is -2.27. The van der Waals surface area contributed by atoms with Crippen LogP contribution in [0.25, 0.3) is 0 Å². The fourth-order valence-electron chi connectivity index (χ4n) is 3.40. The Kier molecular flexibility index (Phi) is 5.71. The summed E-state index contributed by atoms with van der Waals surface area (Å²) >= 11 is 1.54. The predicted molar refractivity (Wildman–Crippen MR) is 123 cm³/mol. The van der Waals surface area contributed by atoms with E-state index in [0.717, 1.165) is 21.1 Å². The summed E-state index contributed by atoms with van der Waals surface area (Å²) in [6.07, 6.45) is 1.85. The number of aliphatic imine (C=N–C) groups is 1. The van der Waals surface area contributed by atoms with Crippen LogP contribution in [0.2, 0.25) is 0 Å². The second kappa shape index (κ2) is 8.76. The van der Waals surface area contributed by atoms with Crippen molar-refractivity contribution >= 4 is 35.0 Å². The minimum atomic E-state index is -0.614. The third kappa shape index (κ3) is 3.83. The zero-order valence-electron chi connectivity index (χ0n) is 17.0. The van der Waals surface area contributed by atoms with Crippen molar-refractivity contribution in [3.63, 3.8) is 0 Å². The predicted octanol–water partition coefficient (Wildman–Crippen LogP) is 3.22. The minimum Gasteiger partial charge on any atom is -0.497 e. The maximum absolute atomic E-state index is 9.52. The van der Waals surface area contributed by atoms with Crippen LogP contribution in [0.15, 0.2) is 63.3 Å². The number of methoxy groups -OCH3 is 1. The van der Waals surface area contributed by atoms with Crippen LogP contribution in [0.3, 0.4) is 0 Å². The molecule has 1 unspecified atom stereocenters. The van der Waals surface area contributed by atoms with Gasteiger partial charge in [0.1, 0.15) is 35.1 Å². The average molecular weight is 443 g/mol. The molecule has 0 amide bonds. The molecule has 0 bridgehead atoms. The van der Waals surface area contributed by atoms with E-state index in [9.17, 15) is 5.26 Å². The molecule has 2 aromatic carbocycles. The molecule has 32 heavy (non-hydrogen) atoms. The van der Waals surface area contributed by atoms with Gasteiger partial charge < -0.3 is 21.5 Å². The zero-order chi connectivity index (χ0) is 22.7. The standard InChI is InChI=1S/C22H18N8OS/c1-31-12-5-4-6-13(9-12)32-16-8-3-2-7-14(16)19-17-18(25)15(10-23)20(26)29-21(17)30-22(28-19)27-11-24/h2-9,19H,1H3,(H6,25,26,27,28,29,30). The van der Waals surface area contributed by atoms with Gasteiger partial charge in [0.25, 0.3) is 0 Å². The van der Waals surface area contributed by atoms with Crippen molar-refractivity contribution in [1.82, 2.24) is 10.3 Å². The van der Waals surface area contributed by atoms with Gasteiger partial charge in [-0.05, 0) is 29.8 Å². The third-order valence-electron chi connectivity index (χ3n) is 4.84. The average Bonchev–Trinajstić information content (AvgIpc) is 2.79. The number of ether oxygens (including phenoxy) is 1. The summed E-state index contributed by atoms with van der Waals surface area (Å²) in [5.74, 6) is 1.31. The number of nitrogens with two attached hydrogens (primary N) is 2. The van der Waals surface area contributed by atoms with Crippen molar-refractivity contribution in [2.45, 2.75) is 15.8 Å². The van der Waals surface area contributed by atoms with Gasteiger partial charge in [0.2, 0.25) is 5.96 Å². The Morgan fingerprint density at radius 3 is 2.72 bits per heavy atom. The first-order valence-corrected chi connectivity index (χ1v) is 10.3. The van der Waals surface area contributed by atoms with Crippen molar-refractivity contribution in [3.05, 3.63) is 65.2 Å². The number of pyridine rings is 1. The smallest absolute Gasteiger partial charge is 0.211 e. The Morgan fingerprint density at radius 2 is 1.97 bits per heavy atom. The first-order chi connectivity index (χ1) is 15.5. The van der Waals surface area contributed by atoms with E-state index in [4.69, 9.17) is 21.5 Å². The maximum atomic E-state index is 9.52. The van der Waals surface area contributed by atoms with Gasteiger partial charge in [-0.3, -0.25) is 5.32 Å². The molecule has 0 spiro atoms. The summed E-state index contributed by atoms with van der Waals surface area (Å²) < 4.78 is 5.33. The lowest BCUT2D eigenvalue weighted by molar-refractivity contribution is 0.413. The number of benzene rings is 2. The molecule has 0 radical (unpaired) electrons. The van der Waals surface area contributed by atoms with Crippen LogP contribution in [0.5, 0.6) is 5.75 Å². The first kappa shape index (κ1) is 20.8. The number of hydrogen-bond donors (Lipinski definition) is 4. The Labute approximate surface area is 188 Å². The Morgan fingerprint density at radius 1 is 1.16 bits per heavy atom. The van der Waals surface area contributed by atoms with Crippen molar-refractivity contribution in [2.75, 3.05) is 23.9 Å². The Bertz CT molecular complexity index is 1310. The number of guanidine groups is 1. The summed E-state index contributed by atoms with van der Waals surface area (Å²) in [6, 6.07) is 16.8. The normalized spacial score (nSPS) is 14.2.